The van der Waals surface area contributed by atoms with Gasteiger partial charge < -0.3 is 18.9 Å². The molecule has 3 unspecified atom stereocenters. The van der Waals surface area contributed by atoms with Crippen molar-refractivity contribution in [3.63, 3.8) is 0 Å². The van der Waals surface area contributed by atoms with Gasteiger partial charge in [0.05, 0.1) is 18.8 Å². The molecular weight excluding hydrogens is 448 g/mol. The normalized spacial score (nSPS) is 19.7. The molecule has 1 fully saturated rings. The molecule has 1 saturated carbocycles. The van der Waals surface area contributed by atoms with Crippen LogP contribution in [0.5, 0.6) is 5.75 Å². The van der Waals surface area contributed by atoms with Crippen molar-refractivity contribution in [3.8, 4) is 5.75 Å². The van der Waals surface area contributed by atoms with Crippen molar-refractivity contribution in [3.05, 3.63) is 29.8 Å². The molecule has 0 amide bonds. The number of carbonyl (C=O) groups is 3. The summed E-state index contributed by atoms with van der Waals surface area (Å²) in [5.74, 6) is 1.23. The summed E-state index contributed by atoms with van der Waals surface area (Å²) in [5.41, 5.74) is 0.437. The second-order valence-electron chi connectivity index (χ2n) is 9.88. The maximum atomic E-state index is 12.7. The molecule has 0 heterocycles. The van der Waals surface area contributed by atoms with Gasteiger partial charge in [-0.25, -0.2) is 9.59 Å². The minimum Gasteiger partial charge on any atom is -0.466 e. The lowest BCUT2D eigenvalue weighted by molar-refractivity contribution is -0.143. The third-order valence-electron chi connectivity index (χ3n) is 6.49. The number of rotatable bonds is 13. The van der Waals surface area contributed by atoms with E-state index in [1.54, 1.807) is 24.3 Å². The number of benzene rings is 1. The third-order valence-corrected chi connectivity index (χ3v) is 6.49. The number of esters is 2. The molecule has 7 nitrogen and oxygen atoms in total. The second-order valence-corrected chi connectivity index (χ2v) is 9.88. The Kier molecular flexibility index (Phi) is 12.6. The molecule has 35 heavy (non-hydrogen) atoms. The van der Waals surface area contributed by atoms with E-state index in [9.17, 15) is 14.4 Å². The molecule has 1 aromatic rings. The summed E-state index contributed by atoms with van der Waals surface area (Å²) in [6, 6.07) is 6.35. The van der Waals surface area contributed by atoms with E-state index >= 15 is 0 Å². The minimum absolute atomic E-state index is 0.0618. The molecule has 196 valence electrons. The summed E-state index contributed by atoms with van der Waals surface area (Å²) >= 11 is 0. The van der Waals surface area contributed by atoms with Gasteiger partial charge in [-0.3, -0.25) is 4.79 Å². The lowest BCUT2D eigenvalue weighted by Crippen LogP contribution is -2.35. The molecule has 3 atom stereocenters. The Bertz CT molecular complexity index is 787. The summed E-state index contributed by atoms with van der Waals surface area (Å²) < 4.78 is 21.3. The van der Waals surface area contributed by atoms with Crippen LogP contribution in [0.15, 0.2) is 24.3 Å². The highest BCUT2D eigenvalue weighted by atomic mass is 16.7. The summed E-state index contributed by atoms with van der Waals surface area (Å²) in [6.07, 6.45) is 6.84. The largest absolute Gasteiger partial charge is 0.513 e. The molecule has 0 aromatic heterocycles. The first-order valence-corrected chi connectivity index (χ1v) is 13.1. The Morgan fingerprint density at radius 2 is 1.60 bits per heavy atom. The molecule has 0 radical (unpaired) electrons. The first-order valence-electron chi connectivity index (χ1n) is 13.1. The van der Waals surface area contributed by atoms with Gasteiger partial charge in [0.25, 0.3) is 0 Å². The van der Waals surface area contributed by atoms with E-state index in [1.807, 2.05) is 6.92 Å². The predicted octanol–water partition coefficient (Wildman–Crippen LogP) is 6.72. The summed E-state index contributed by atoms with van der Waals surface area (Å²) in [7, 11) is 0. The van der Waals surface area contributed by atoms with Crippen LogP contribution in [0.2, 0.25) is 0 Å². The second kappa shape index (κ2) is 15.4. The standard InChI is InChI=1S/C28H42O7/c1-5-10-26(29)32-17-8-6-7-9-18-33-28(31)34-23-14-12-22(13-15-23)27(30)35-25-19-21(4)11-16-24(25)20(2)3/h12-15,20-21,24-25H,5-11,16-19H2,1-4H3. The molecule has 0 saturated heterocycles. The van der Waals surface area contributed by atoms with Gasteiger partial charge in [-0.1, -0.05) is 34.1 Å². The Hall–Kier alpha value is -2.57. The Morgan fingerprint density at radius 3 is 2.23 bits per heavy atom. The van der Waals surface area contributed by atoms with E-state index in [0.717, 1.165) is 38.5 Å². The lowest BCUT2D eigenvalue weighted by Gasteiger charge is -2.36. The van der Waals surface area contributed by atoms with Crippen LogP contribution in [-0.4, -0.2) is 37.4 Å². The fourth-order valence-electron chi connectivity index (χ4n) is 4.42. The van der Waals surface area contributed by atoms with Crippen LogP contribution in [0.4, 0.5) is 4.79 Å². The highest BCUT2D eigenvalue weighted by Gasteiger charge is 2.33. The van der Waals surface area contributed by atoms with Gasteiger partial charge in [0.1, 0.15) is 11.9 Å². The summed E-state index contributed by atoms with van der Waals surface area (Å²) in [6.45, 7) is 9.20. The maximum Gasteiger partial charge on any atom is 0.513 e. The average molecular weight is 491 g/mol. The van der Waals surface area contributed by atoms with E-state index in [1.165, 1.54) is 6.42 Å². The number of hydrogen-bond donors (Lipinski definition) is 0. The fraction of sp³-hybridized carbons (Fsp3) is 0.679. The zero-order chi connectivity index (χ0) is 25.6. The van der Waals surface area contributed by atoms with Crippen molar-refractivity contribution in [2.24, 2.45) is 17.8 Å². The molecule has 0 aliphatic heterocycles. The maximum absolute atomic E-state index is 12.7. The Labute approximate surface area is 209 Å². The number of carbonyl (C=O) groups excluding carboxylic acids is 3. The first-order chi connectivity index (χ1) is 16.8. The van der Waals surface area contributed by atoms with Crippen molar-refractivity contribution in [2.45, 2.75) is 91.6 Å². The molecule has 1 aliphatic rings. The highest BCUT2D eigenvalue weighted by Crippen LogP contribution is 2.35. The van der Waals surface area contributed by atoms with Gasteiger partial charge >= 0.3 is 18.1 Å². The van der Waals surface area contributed by atoms with Crippen molar-refractivity contribution in [1.29, 1.82) is 0 Å². The van der Waals surface area contributed by atoms with Crippen molar-refractivity contribution >= 4 is 18.1 Å². The SMILES string of the molecule is CCCC(=O)OCCCCCCOC(=O)Oc1ccc(C(=O)OC2CC(C)CCC2C(C)C)cc1. The predicted molar refractivity (Wildman–Crippen MR) is 133 cm³/mol. The van der Waals surface area contributed by atoms with Crippen molar-refractivity contribution < 1.29 is 33.3 Å². The van der Waals surface area contributed by atoms with Gasteiger partial charge in [-0.15, -0.1) is 0 Å². The van der Waals surface area contributed by atoms with Crippen LogP contribution in [0.25, 0.3) is 0 Å². The van der Waals surface area contributed by atoms with Crippen molar-refractivity contribution in [2.75, 3.05) is 13.2 Å². The highest BCUT2D eigenvalue weighted by molar-refractivity contribution is 5.89. The van der Waals surface area contributed by atoms with E-state index in [4.69, 9.17) is 18.9 Å². The van der Waals surface area contributed by atoms with Crippen LogP contribution >= 0.6 is 0 Å². The van der Waals surface area contributed by atoms with E-state index in [2.05, 4.69) is 20.8 Å². The lowest BCUT2D eigenvalue weighted by atomic mass is 9.75. The molecule has 0 spiro atoms. The van der Waals surface area contributed by atoms with Gasteiger partial charge in [0.2, 0.25) is 0 Å². The van der Waals surface area contributed by atoms with Crippen LogP contribution in [-0.2, 0) is 19.0 Å². The van der Waals surface area contributed by atoms with E-state index < -0.39 is 6.16 Å². The average Bonchev–Trinajstić information content (AvgIpc) is 2.81. The number of ether oxygens (including phenoxy) is 4. The van der Waals surface area contributed by atoms with Crippen LogP contribution < -0.4 is 4.74 Å². The summed E-state index contributed by atoms with van der Waals surface area (Å²) in [5, 5.41) is 0. The van der Waals surface area contributed by atoms with Gasteiger partial charge in [0.15, 0.2) is 0 Å². The van der Waals surface area contributed by atoms with Crippen LogP contribution in [0.3, 0.4) is 0 Å². The fourth-order valence-corrected chi connectivity index (χ4v) is 4.42. The van der Waals surface area contributed by atoms with Crippen LogP contribution in [0, 0.1) is 17.8 Å². The zero-order valence-corrected chi connectivity index (χ0v) is 21.8. The summed E-state index contributed by atoms with van der Waals surface area (Å²) in [4.78, 5) is 35.8. The smallest absolute Gasteiger partial charge is 0.466 e. The third kappa shape index (κ3) is 10.7. The minimum atomic E-state index is -0.773. The van der Waals surface area contributed by atoms with E-state index in [-0.39, 0.29) is 24.6 Å². The molecule has 7 heteroatoms. The first kappa shape index (κ1) is 28.7. The molecule has 2 rings (SSSR count). The number of hydrogen-bond acceptors (Lipinski definition) is 7. The molecular formula is C28H42O7. The Morgan fingerprint density at radius 1 is 0.943 bits per heavy atom. The van der Waals surface area contributed by atoms with Gasteiger partial charge in [0, 0.05) is 6.42 Å². The molecule has 0 N–H and O–H groups in total. The van der Waals surface area contributed by atoms with Gasteiger partial charge in [-0.05, 0) is 87.0 Å². The topological polar surface area (TPSA) is 88.1 Å². The van der Waals surface area contributed by atoms with Crippen LogP contribution in [0.1, 0.15) is 95.8 Å². The molecule has 1 aliphatic carbocycles. The van der Waals surface area contributed by atoms with Gasteiger partial charge in [-0.2, -0.15) is 0 Å². The van der Waals surface area contributed by atoms with Crippen molar-refractivity contribution in [1.82, 2.24) is 0 Å². The quantitative estimate of drug-likeness (QED) is 0.131. The Balaban J connectivity index is 1.65. The monoisotopic (exact) mass is 490 g/mol. The van der Waals surface area contributed by atoms with E-state index in [0.29, 0.717) is 48.5 Å². The molecule has 1 aromatic carbocycles. The molecule has 0 bridgehead atoms. The number of unbranched alkanes of at least 4 members (excludes halogenated alkanes) is 3. The zero-order valence-electron chi connectivity index (χ0n) is 21.8.